The predicted molar refractivity (Wildman–Crippen MR) is 111 cm³/mol. The molecule has 0 aromatic rings. The van der Waals surface area contributed by atoms with E-state index >= 15 is 0 Å². The summed E-state index contributed by atoms with van der Waals surface area (Å²) in [6, 6.07) is 0. The summed E-state index contributed by atoms with van der Waals surface area (Å²) in [5.74, 6) is 6.53. The fraction of sp³-hybridized carbons (Fsp3) is 0.778. The van der Waals surface area contributed by atoms with Crippen LogP contribution >= 0.6 is 15.9 Å². The number of hydrogen-bond donors (Lipinski definition) is 0. The van der Waals surface area contributed by atoms with Gasteiger partial charge in [0, 0.05) is 24.4 Å². The molecule has 0 saturated heterocycles. The summed E-state index contributed by atoms with van der Waals surface area (Å²) in [6.07, 6.45) is 4.50. The smallest absolute Gasteiger partial charge is 0.198 e. The van der Waals surface area contributed by atoms with Crippen molar-refractivity contribution in [1.82, 2.24) is 0 Å². The van der Waals surface area contributed by atoms with E-state index in [1.165, 1.54) is 0 Å². The first-order valence-electron chi connectivity index (χ1n) is 8.42. The van der Waals surface area contributed by atoms with Crippen molar-refractivity contribution in [3.8, 4) is 11.8 Å². The highest BCUT2D eigenvalue weighted by atomic mass is 79.9. The van der Waals surface area contributed by atoms with Crippen LogP contribution in [-0.2, 0) is 8.85 Å². The first kappa shape index (κ1) is 23.1. The molecule has 0 aromatic carbocycles. The minimum atomic E-state index is -1.65. The van der Waals surface area contributed by atoms with Crippen molar-refractivity contribution in [2.75, 3.05) is 11.6 Å². The Morgan fingerprint density at radius 2 is 1.83 bits per heavy atom. The van der Waals surface area contributed by atoms with Crippen LogP contribution in [0.4, 0.5) is 0 Å². The maximum absolute atomic E-state index is 6.17. The fourth-order valence-corrected chi connectivity index (χ4v) is 4.07. The lowest BCUT2D eigenvalue weighted by molar-refractivity contribution is 0.254. The van der Waals surface area contributed by atoms with Crippen molar-refractivity contribution in [2.45, 2.75) is 77.4 Å². The van der Waals surface area contributed by atoms with Crippen LogP contribution in [0, 0.1) is 11.8 Å². The van der Waals surface area contributed by atoms with Crippen molar-refractivity contribution >= 4 is 32.6 Å². The van der Waals surface area contributed by atoms with Crippen LogP contribution in [0.2, 0.25) is 31.2 Å². The molecule has 0 fully saturated rings. The Balaban J connectivity index is 4.30. The lowest BCUT2D eigenvalue weighted by Gasteiger charge is -2.36. The van der Waals surface area contributed by atoms with Gasteiger partial charge in [0.2, 0.25) is 0 Å². The molecule has 5 heteroatoms. The summed E-state index contributed by atoms with van der Waals surface area (Å²) in [5.41, 5.74) is 0. The summed E-state index contributed by atoms with van der Waals surface area (Å²) < 4.78 is 12.3. The zero-order chi connectivity index (χ0) is 18.1. The largest absolute Gasteiger partial charge is 0.417 e. The molecule has 1 unspecified atom stereocenters. The molecule has 0 bridgehead atoms. The monoisotopic (exact) mass is 418 g/mol. The molecule has 0 radical (unpaired) electrons. The zero-order valence-electron chi connectivity index (χ0n) is 16.1. The van der Waals surface area contributed by atoms with Crippen LogP contribution in [0.1, 0.15) is 40.0 Å². The van der Waals surface area contributed by atoms with Crippen molar-refractivity contribution < 1.29 is 8.85 Å². The van der Waals surface area contributed by atoms with E-state index in [4.69, 9.17) is 8.85 Å². The molecular weight excluding hydrogens is 384 g/mol. The Hall–Kier alpha value is 0.134. The van der Waals surface area contributed by atoms with Crippen molar-refractivity contribution in [3.63, 3.8) is 0 Å². The first-order valence-corrected chi connectivity index (χ1v) is 15.6. The Morgan fingerprint density at radius 3 is 2.30 bits per heavy atom. The quantitative estimate of drug-likeness (QED) is 0.152. The topological polar surface area (TPSA) is 18.5 Å². The Morgan fingerprint density at radius 1 is 1.22 bits per heavy atom. The Bertz CT molecular complexity index is 417. The molecule has 134 valence electrons. The van der Waals surface area contributed by atoms with E-state index in [0.29, 0.717) is 0 Å². The van der Waals surface area contributed by atoms with Gasteiger partial charge in [-0.25, -0.2) is 0 Å². The maximum atomic E-state index is 6.17. The van der Waals surface area contributed by atoms with Gasteiger partial charge in [-0.15, -0.1) is 12.5 Å². The Kier molecular flexibility index (Phi) is 10.3. The van der Waals surface area contributed by atoms with Crippen LogP contribution < -0.4 is 0 Å². The maximum Gasteiger partial charge on any atom is 0.198 e. The van der Waals surface area contributed by atoms with Gasteiger partial charge in [-0.2, -0.15) is 0 Å². The summed E-state index contributed by atoms with van der Waals surface area (Å²) >= 11 is 3.54. The zero-order valence-corrected chi connectivity index (χ0v) is 19.7. The number of hydrogen-bond acceptors (Lipinski definition) is 2. The molecule has 0 rings (SSSR count). The molecule has 0 saturated carbocycles. The second kappa shape index (κ2) is 10.2. The molecule has 2 nitrogen and oxygen atoms in total. The lowest BCUT2D eigenvalue weighted by atomic mass is 10.2. The van der Waals surface area contributed by atoms with Gasteiger partial charge in [0.15, 0.2) is 16.6 Å². The molecule has 0 amide bonds. The average molecular weight is 420 g/mol. The number of unbranched alkanes of at least 4 members (excludes halogenated alkanes) is 1. The van der Waals surface area contributed by atoms with Crippen LogP contribution in [-0.4, -0.2) is 34.3 Å². The minimum absolute atomic E-state index is 0.0203. The van der Waals surface area contributed by atoms with E-state index in [0.717, 1.165) is 30.8 Å². The van der Waals surface area contributed by atoms with Crippen molar-refractivity contribution in [3.05, 3.63) is 12.7 Å². The number of rotatable bonds is 9. The molecule has 0 aliphatic carbocycles. The van der Waals surface area contributed by atoms with Crippen molar-refractivity contribution in [2.24, 2.45) is 0 Å². The lowest BCUT2D eigenvalue weighted by Crippen LogP contribution is -2.40. The Labute approximate surface area is 154 Å². The van der Waals surface area contributed by atoms with E-state index in [9.17, 15) is 0 Å². The van der Waals surface area contributed by atoms with Gasteiger partial charge in [0.25, 0.3) is 0 Å². The van der Waals surface area contributed by atoms with Gasteiger partial charge in [-0.05, 0) is 37.6 Å². The summed E-state index contributed by atoms with van der Waals surface area (Å²) in [7, 11) is -3.27. The normalized spacial score (nSPS) is 14.1. The van der Waals surface area contributed by atoms with Gasteiger partial charge >= 0.3 is 0 Å². The van der Waals surface area contributed by atoms with Crippen molar-refractivity contribution in [1.29, 1.82) is 0 Å². The van der Waals surface area contributed by atoms with E-state index in [2.05, 4.69) is 81.3 Å². The highest BCUT2D eigenvalue weighted by molar-refractivity contribution is 9.09. The summed E-state index contributed by atoms with van der Waals surface area (Å²) in [5, 5.41) is 0.271. The van der Waals surface area contributed by atoms with Gasteiger partial charge in [-0.3, -0.25) is 0 Å². The molecule has 0 N–H and O–H groups in total. The number of alkyl halides is 1. The minimum Gasteiger partial charge on any atom is -0.417 e. The number of halogens is 1. The van der Waals surface area contributed by atoms with E-state index in [1.54, 1.807) is 0 Å². The highest BCUT2D eigenvalue weighted by Crippen LogP contribution is 2.36. The summed E-state index contributed by atoms with van der Waals surface area (Å²) in [4.78, 5) is 0.926. The molecule has 0 spiro atoms. The standard InChI is InChI=1S/C18H35BrO2Si2/c1-9-13-17(21-22(5,6)16-19)14-11-10-12-15-20-23(7,8)18(2,3)4/h9,17H,1,10,12-13,15-16H2,2-8H3. The fourth-order valence-electron chi connectivity index (χ4n) is 1.59. The third-order valence-electron chi connectivity index (χ3n) is 4.14. The molecule has 0 aromatic heterocycles. The second-order valence-electron chi connectivity index (χ2n) is 8.06. The SMILES string of the molecule is C=CCC(C#CCCCO[Si](C)(C)C(C)(C)C)O[Si](C)(C)CBr. The van der Waals surface area contributed by atoms with Gasteiger partial charge < -0.3 is 8.85 Å². The van der Waals surface area contributed by atoms with Crippen LogP contribution in [0.5, 0.6) is 0 Å². The van der Waals surface area contributed by atoms with Crippen LogP contribution in [0.15, 0.2) is 12.7 Å². The predicted octanol–water partition coefficient (Wildman–Crippen LogP) is 5.89. The molecular formula is C18H35BrO2Si2. The third-order valence-corrected chi connectivity index (χ3v) is 14.3. The van der Waals surface area contributed by atoms with Gasteiger partial charge in [0.05, 0.1) is 0 Å². The van der Waals surface area contributed by atoms with E-state index in [1.807, 2.05) is 6.08 Å². The average Bonchev–Trinajstić information content (AvgIpc) is 2.41. The third kappa shape index (κ3) is 9.88. The van der Waals surface area contributed by atoms with Gasteiger partial charge in [0.1, 0.15) is 6.10 Å². The molecule has 0 aliphatic rings. The summed E-state index contributed by atoms with van der Waals surface area (Å²) in [6.45, 7) is 20.4. The van der Waals surface area contributed by atoms with E-state index in [-0.39, 0.29) is 11.1 Å². The molecule has 23 heavy (non-hydrogen) atoms. The van der Waals surface area contributed by atoms with Gasteiger partial charge in [-0.1, -0.05) is 48.7 Å². The second-order valence-corrected chi connectivity index (χ2v) is 18.6. The first-order chi connectivity index (χ1) is 10.4. The molecule has 0 aliphatic heterocycles. The van der Waals surface area contributed by atoms with Crippen LogP contribution in [0.25, 0.3) is 0 Å². The highest BCUT2D eigenvalue weighted by Gasteiger charge is 2.36. The molecule has 1 atom stereocenters. The van der Waals surface area contributed by atoms with Crippen LogP contribution in [0.3, 0.4) is 0 Å². The van der Waals surface area contributed by atoms with E-state index < -0.39 is 16.6 Å². The molecule has 0 heterocycles.